The van der Waals surface area contributed by atoms with Gasteiger partial charge in [0.2, 0.25) is 17.7 Å². The average molecular weight is 376 g/mol. The zero-order valence-electron chi connectivity index (χ0n) is 14.4. The minimum atomic E-state index is -1.41. The molecule has 3 amide bonds. The Morgan fingerprint density at radius 3 is 1.81 bits per heavy atom. The lowest BCUT2D eigenvalue weighted by Crippen LogP contribution is -2.57. The lowest BCUT2D eigenvalue weighted by Gasteiger charge is -2.23. The molecular formula is C14H24N4O8. The maximum absolute atomic E-state index is 12.1. The molecule has 12 nitrogen and oxygen atoms in total. The standard InChI is InChI=1S/C14H24N4O8/c1-6(15)11(22)18-9(5-19)13(24)17-8(3-4-10(20)21)12(23)16-7(2)14(25)26/h6-9,19H,3-5,15H2,1-2H3,(H,16,23)(H,17,24)(H,18,22)(H,20,21)(H,25,26). The third-order valence-electron chi connectivity index (χ3n) is 3.24. The number of nitrogens with two attached hydrogens (primary N) is 1. The molecular weight excluding hydrogens is 352 g/mol. The van der Waals surface area contributed by atoms with E-state index in [1.165, 1.54) is 13.8 Å². The topological polar surface area (TPSA) is 208 Å². The molecule has 4 atom stereocenters. The van der Waals surface area contributed by atoms with Gasteiger partial charge >= 0.3 is 11.9 Å². The van der Waals surface area contributed by atoms with Crippen LogP contribution in [0.1, 0.15) is 26.7 Å². The second-order valence-corrected chi connectivity index (χ2v) is 5.59. The summed E-state index contributed by atoms with van der Waals surface area (Å²) in [6.45, 7) is 1.76. The minimum absolute atomic E-state index is 0.321. The van der Waals surface area contributed by atoms with E-state index in [0.29, 0.717) is 0 Å². The van der Waals surface area contributed by atoms with Crippen LogP contribution in [0.5, 0.6) is 0 Å². The normalized spacial score (nSPS) is 15.1. The van der Waals surface area contributed by atoms with Gasteiger partial charge in [-0.25, -0.2) is 0 Å². The maximum atomic E-state index is 12.1. The van der Waals surface area contributed by atoms with E-state index < -0.39 is 66.9 Å². The molecule has 0 bridgehead atoms. The van der Waals surface area contributed by atoms with Gasteiger partial charge in [-0.15, -0.1) is 0 Å². The van der Waals surface area contributed by atoms with Crippen molar-refractivity contribution < 1.29 is 39.3 Å². The molecule has 0 spiro atoms. The maximum Gasteiger partial charge on any atom is 0.325 e. The van der Waals surface area contributed by atoms with Crippen molar-refractivity contribution in [3.8, 4) is 0 Å². The van der Waals surface area contributed by atoms with Gasteiger partial charge in [-0.1, -0.05) is 0 Å². The number of hydrogen-bond acceptors (Lipinski definition) is 7. The van der Waals surface area contributed by atoms with Crippen LogP contribution in [0.15, 0.2) is 0 Å². The Morgan fingerprint density at radius 1 is 0.885 bits per heavy atom. The Labute approximate surface area is 149 Å². The third-order valence-corrected chi connectivity index (χ3v) is 3.24. The molecule has 0 aromatic rings. The van der Waals surface area contributed by atoms with Gasteiger partial charge in [-0.05, 0) is 20.3 Å². The molecule has 0 fully saturated rings. The van der Waals surface area contributed by atoms with Crippen LogP contribution in [0.2, 0.25) is 0 Å². The Hall–Kier alpha value is -2.73. The molecule has 12 heteroatoms. The molecule has 0 saturated heterocycles. The number of aliphatic hydroxyl groups excluding tert-OH is 1. The fourth-order valence-corrected chi connectivity index (χ4v) is 1.68. The first-order valence-electron chi connectivity index (χ1n) is 7.71. The van der Waals surface area contributed by atoms with E-state index in [-0.39, 0.29) is 6.42 Å². The number of carbonyl (C=O) groups excluding carboxylic acids is 3. The Kier molecular flexibility index (Phi) is 9.84. The van der Waals surface area contributed by atoms with Crippen molar-refractivity contribution in [3.05, 3.63) is 0 Å². The molecule has 26 heavy (non-hydrogen) atoms. The smallest absolute Gasteiger partial charge is 0.325 e. The largest absolute Gasteiger partial charge is 0.481 e. The van der Waals surface area contributed by atoms with E-state index in [2.05, 4.69) is 16.0 Å². The Morgan fingerprint density at radius 2 is 1.38 bits per heavy atom. The van der Waals surface area contributed by atoms with E-state index in [0.717, 1.165) is 0 Å². The average Bonchev–Trinajstić information content (AvgIpc) is 2.54. The minimum Gasteiger partial charge on any atom is -0.481 e. The molecule has 0 aliphatic rings. The summed E-state index contributed by atoms with van der Waals surface area (Å²) >= 11 is 0. The predicted octanol–water partition coefficient (Wildman–Crippen LogP) is -3.25. The van der Waals surface area contributed by atoms with E-state index in [1.807, 2.05) is 0 Å². The number of carboxylic acid groups (broad SMARTS) is 2. The number of aliphatic hydroxyl groups is 1. The highest BCUT2D eigenvalue weighted by molar-refractivity contribution is 5.94. The first-order chi connectivity index (χ1) is 12.0. The zero-order chi connectivity index (χ0) is 20.4. The summed E-state index contributed by atoms with van der Waals surface area (Å²) in [6, 6.07) is -5.00. The molecule has 4 unspecified atom stereocenters. The first-order valence-corrected chi connectivity index (χ1v) is 7.71. The molecule has 0 saturated carbocycles. The number of nitrogens with one attached hydrogen (secondary N) is 3. The number of carboxylic acids is 2. The lowest BCUT2D eigenvalue weighted by atomic mass is 10.1. The summed E-state index contributed by atoms with van der Waals surface area (Å²) in [5, 5.41) is 33.2. The molecule has 0 aliphatic carbocycles. The first kappa shape index (κ1) is 23.3. The molecule has 0 aromatic heterocycles. The SMILES string of the molecule is CC(N)C(=O)NC(CO)C(=O)NC(CCC(=O)O)C(=O)NC(C)C(=O)O. The monoisotopic (exact) mass is 376 g/mol. The van der Waals surface area contributed by atoms with Crippen LogP contribution in [0, 0.1) is 0 Å². The van der Waals surface area contributed by atoms with Gasteiger partial charge in [0.05, 0.1) is 12.6 Å². The van der Waals surface area contributed by atoms with E-state index in [1.54, 1.807) is 0 Å². The Bertz CT molecular complexity index is 551. The summed E-state index contributed by atoms with van der Waals surface area (Å²) in [4.78, 5) is 57.3. The van der Waals surface area contributed by atoms with Crippen LogP contribution in [-0.4, -0.2) is 75.8 Å². The molecule has 0 aromatic carbocycles. The van der Waals surface area contributed by atoms with Crippen LogP contribution in [-0.2, 0) is 24.0 Å². The summed E-state index contributed by atoms with van der Waals surface area (Å²) in [5.41, 5.74) is 5.34. The highest BCUT2D eigenvalue weighted by Crippen LogP contribution is 2.01. The quantitative estimate of drug-likeness (QED) is 0.193. The highest BCUT2D eigenvalue weighted by atomic mass is 16.4. The summed E-state index contributed by atoms with van der Waals surface area (Å²) in [5.74, 6) is -5.13. The second-order valence-electron chi connectivity index (χ2n) is 5.59. The molecule has 8 N–H and O–H groups in total. The molecule has 148 valence electrons. The second kappa shape index (κ2) is 11.0. The van der Waals surface area contributed by atoms with E-state index in [9.17, 15) is 29.1 Å². The summed E-state index contributed by atoms with van der Waals surface area (Å²) < 4.78 is 0. The van der Waals surface area contributed by atoms with E-state index in [4.69, 9.17) is 15.9 Å². The van der Waals surface area contributed by atoms with Gasteiger partial charge in [0.25, 0.3) is 0 Å². The number of hydrogen-bond donors (Lipinski definition) is 7. The van der Waals surface area contributed by atoms with Gasteiger partial charge in [-0.2, -0.15) is 0 Å². The number of carbonyl (C=O) groups is 5. The third kappa shape index (κ3) is 8.39. The van der Waals surface area contributed by atoms with Crippen molar-refractivity contribution in [1.82, 2.24) is 16.0 Å². The van der Waals surface area contributed by atoms with Crippen LogP contribution < -0.4 is 21.7 Å². The van der Waals surface area contributed by atoms with Crippen LogP contribution in [0.25, 0.3) is 0 Å². The van der Waals surface area contributed by atoms with Gasteiger partial charge in [-0.3, -0.25) is 24.0 Å². The lowest BCUT2D eigenvalue weighted by molar-refractivity contribution is -0.142. The fraction of sp³-hybridized carbons (Fsp3) is 0.643. The van der Waals surface area contributed by atoms with Crippen molar-refractivity contribution in [1.29, 1.82) is 0 Å². The van der Waals surface area contributed by atoms with Crippen molar-refractivity contribution in [2.24, 2.45) is 5.73 Å². The zero-order valence-corrected chi connectivity index (χ0v) is 14.4. The van der Waals surface area contributed by atoms with Gasteiger partial charge in [0.1, 0.15) is 18.1 Å². The van der Waals surface area contributed by atoms with Gasteiger partial charge in [0.15, 0.2) is 0 Å². The van der Waals surface area contributed by atoms with Gasteiger partial charge in [0, 0.05) is 6.42 Å². The molecule has 0 radical (unpaired) electrons. The van der Waals surface area contributed by atoms with Crippen LogP contribution in [0.3, 0.4) is 0 Å². The molecule has 0 aliphatic heterocycles. The summed E-state index contributed by atoms with van der Waals surface area (Å²) in [7, 11) is 0. The van der Waals surface area contributed by atoms with Crippen LogP contribution in [0.4, 0.5) is 0 Å². The summed E-state index contributed by atoms with van der Waals surface area (Å²) in [6.07, 6.45) is -0.797. The van der Waals surface area contributed by atoms with Crippen molar-refractivity contribution in [2.45, 2.75) is 50.9 Å². The predicted molar refractivity (Wildman–Crippen MR) is 86.7 cm³/mol. The van der Waals surface area contributed by atoms with Crippen LogP contribution >= 0.6 is 0 Å². The number of aliphatic carboxylic acids is 2. The number of amides is 3. The van der Waals surface area contributed by atoms with Crippen molar-refractivity contribution in [2.75, 3.05) is 6.61 Å². The van der Waals surface area contributed by atoms with Gasteiger partial charge < -0.3 is 37.0 Å². The highest BCUT2D eigenvalue weighted by Gasteiger charge is 2.28. The fourth-order valence-electron chi connectivity index (χ4n) is 1.68. The van der Waals surface area contributed by atoms with Crippen molar-refractivity contribution in [3.63, 3.8) is 0 Å². The number of rotatable bonds is 11. The molecule has 0 rings (SSSR count). The molecule has 0 heterocycles. The van der Waals surface area contributed by atoms with Crippen molar-refractivity contribution >= 4 is 29.7 Å². The Balaban J connectivity index is 5.09. The van der Waals surface area contributed by atoms with E-state index >= 15 is 0 Å².